The van der Waals surface area contributed by atoms with Crippen molar-refractivity contribution in [2.45, 2.75) is 66.1 Å². The minimum absolute atomic E-state index is 0.737. The van der Waals surface area contributed by atoms with E-state index in [1.807, 2.05) is 0 Å². The van der Waals surface area contributed by atoms with E-state index in [2.05, 4.69) is 44.0 Å². The van der Waals surface area contributed by atoms with Gasteiger partial charge in [-0.25, -0.2) is 0 Å². The lowest BCUT2D eigenvalue weighted by Crippen LogP contribution is -2.27. The second kappa shape index (κ2) is 7.28. The first-order chi connectivity index (χ1) is 9.62. The highest BCUT2D eigenvalue weighted by Gasteiger charge is 2.21. The Morgan fingerprint density at radius 3 is 2.75 bits per heavy atom. The molecule has 1 unspecified atom stereocenters. The van der Waals surface area contributed by atoms with Crippen LogP contribution in [0.4, 0.5) is 0 Å². The van der Waals surface area contributed by atoms with Gasteiger partial charge in [-0.05, 0) is 43.9 Å². The summed E-state index contributed by atoms with van der Waals surface area (Å²) < 4.78 is 6.04. The van der Waals surface area contributed by atoms with Gasteiger partial charge in [0.25, 0.3) is 0 Å². The Kier molecular flexibility index (Phi) is 5.67. The van der Waals surface area contributed by atoms with Crippen molar-refractivity contribution in [1.29, 1.82) is 0 Å². The molecule has 1 saturated carbocycles. The summed E-state index contributed by atoms with van der Waals surface area (Å²) in [6.45, 7) is 13.0. The van der Waals surface area contributed by atoms with E-state index in [1.54, 1.807) is 0 Å². The Balaban J connectivity index is 1.88. The Labute approximate surface area is 123 Å². The maximum absolute atomic E-state index is 6.04. The van der Waals surface area contributed by atoms with Gasteiger partial charge in [0.2, 0.25) is 0 Å². The molecule has 1 fully saturated rings. The smallest absolute Gasteiger partial charge is 0.120 e. The molecule has 1 atom stereocenters. The fraction of sp³-hybridized carbons (Fsp3) is 0.765. The quantitative estimate of drug-likeness (QED) is 0.746. The monoisotopic (exact) mass is 278 g/mol. The summed E-state index contributed by atoms with van der Waals surface area (Å²) in [4.78, 5) is 2.48. The third kappa shape index (κ3) is 4.64. The summed E-state index contributed by atoms with van der Waals surface area (Å²) in [5, 5.41) is 3.53. The van der Waals surface area contributed by atoms with Crippen molar-refractivity contribution in [3.63, 3.8) is 0 Å². The van der Waals surface area contributed by atoms with Crippen LogP contribution in [0.1, 0.15) is 57.1 Å². The Hall–Kier alpha value is -0.800. The van der Waals surface area contributed by atoms with Crippen LogP contribution in [0.3, 0.4) is 0 Å². The highest BCUT2D eigenvalue weighted by molar-refractivity contribution is 5.20. The summed E-state index contributed by atoms with van der Waals surface area (Å²) >= 11 is 0. The highest BCUT2D eigenvalue weighted by Crippen LogP contribution is 2.22. The van der Waals surface area contributed by atoms with Gasteiger partial charge in [-0.2, -0.15) is 0 Å². The second-order valence-corrected chi connectivity index (χ2v) is 6.32. The van der Waals surface area contributed by atoms with E-state index in [0.29, 0.717) is 0 Å². The van der Waals surface area contributed by atoms with E-state index < -0.39 is 0 Å². The average molecular weight is 278 g/mol. The second-order valence-electron chi connectivity index (χ2n) is 6.32. The first kappa shape index (κ1) is 15.6. The number of nitrogens with zero attached hydrogens (tertiary/aromatic N) is 1. The molecule has 1 aliphatic carbocycles. The van der Waals surface area contributed by atoms with Gasteiger partial charge in [0.1, 0.15) is 11.5 Å². The molecule has 0 amide bonds. The molecule has 3 nitrogen and oxygen atoms in total. The molecule has 1 aromatic rings. The SMILES string of the molecule is CCC(C)CN(CC)Cc1cc(C)c(CNC2CC2)o1. The van der Waals surface area contributed by atoms with Gasteiger partial charge in [-0.1, -0.05) is 27.2 Å². The highest BCUT2D eigenvalue weighted by atomic mass is 16.3. The molecule has 0 bridgehead atoms. The van der Waals surface area contributed by atoms with Crippen molar-refractivity contribution < 1.29 is 4.42 Å². The number of hydrogen-bond donors (Lipinski definition) is 1. The Morgan fingerprint density at radius 1 is 1.40 bits per heavy atom. The van der Waals surface area contributed by atoms with Gasteiger partial charge in [-0.3, -0.25) is 4.90 Å². The van der Waals surface area contributed by atoms with Crippen molar-refractivity contribution in [3.05, 3.63) is 23.2 Å². The topological polar surface area (TPSA) is 28.4 Å². The fourth-order valence-electron chi connectivity index (χ4n) is 2.46. The molecule has 1 aromatic heterocycles. The normalized spacial score (nSPS) is 16.9. The maximum atomic E-state index is 6.04. The molecule has 0 spiro atoms. The third-order valence-electron chi connectivity index (χ3n) is 4.29. The molecule has 0 aliphatic heterocycles. The molecule has 1 aliphatic rings. The van der Waals surface area contributed by atoms with Crippen LogP contribution in [-0.2, 0) is 13.1 Å². The van der Waals surface area contributed by atoms with Crippen molar-refractivity contribution in [2.75, 3.05) is 13.1 Å². The number of hydrogen-bond acceptors (Lipinski definition) is 3. The zero-order valence-corrected chi connectivity index (χ0v) is 13.5. The van der Waals surface area contributed by atoms with E-state index in [-0.39, 0.29) is 0 Å². The summed E-state index contributed by atoms with van der Waals surface area (Å²) in [7, 11) is 0. The van der Waals surface area contributed by atoms with E-state index in [1.165, 1.54) is 24.8 Å². The molecular weight excluding hydrogens is 248 g/mol. The predicted octanol–water partition coefficient (Wildman–Crippen LogP) is 3.71. The summed E-state index contributed by atoms with van der Waals surface area (Å²) in [6, 6.07) is 2.95. The standard InChI is InChI=1S/C17H30N2O/c1-5-13(3)11-19(6-2)12-16-9-14(4)17(20-16)10-18-15-7-8-15/h9,13,15,18H,5-8,10-12H2,1-4H3. The zero-order valence-electron chi connectivity index (χ0n) is 13.5. The van der Waals surface area contributed by atoms with Gasteiger partial charge in [0, 0.05) is 12.6 Å². The molecule has 1 heterocycles. The Bertz CT molecular complexity index is 409. The van der Waals surface area contributed by atoms with Crippen LogP contribution < -0.4 is 5.32 Å². The van der Waals surface area contributed by atoms with Gasteiger partial charge in [-0.15, -0.1) is 0 Å². The van der Waals surface area contributed by atoms with Crippen LogP contribution in [0, 0.1) is 12.8 Å². The molecule has 2 rings (SSSR count). The molecule has 0 saturated heterocycles. The minimum atomic E-state index is 0.737. The summed E-state index contributed by atoms with van der Waals surface area (Å²) in [6.07, 6.45) is 3.89. The molecule has 20 heavy (non-hydrogen) atoms. The third-order valence-corrected chi connectivity index (χ3v) is 4.29. The predicted molar refractivity (Wildman–Crippen MR) is 83.7 cm³/mol. The number of aryl methyl sites for hydroxylation is 1. The lowest BCUT2D eigenvalue weighted by Gasteiger charge is -2.22. The lowest BCUT2D eigenvalue weighted by molar-refractivity contribution is 0.218. The van der Waals surface area contributed by atoms with Crippen LogP contribution >= 0.6 is 0 Å². The van der Waals surface area contributed by atoms with Crippen molar-refractivity contribution in [2.24, 2.45) is 5.92 Å². The molecule has 0 aromatic carbocycles. The fourth-order valence-corrected chi connectivity index (χ4v) is 2.46. The number of rotatable bonds is 9. The van der Waals surface area contributed by atoms with Crippen molar-refractivity contribution >= 4 is 0 Å². The van der Waals surface area contributed by atoms with Crippen molar-refractivity contribution in [1.82, 2.24) is 10.2 Å². The Morgan fingerprint density at radius 2 is 2.15 bits per heavy atom. The first-order valence-corrected chi connectivity index (χ1v) is 8.16. The van der Waals surface area contributed by atoms with Crippen LogP contribution in [0.2, 0.25) is 0 Å². The van der Waals surface area contributed by atoms with E-state index in [0.717, 1.165) is 49.7 Å². The largest absolute Gasteiger partial charge is 0.463 e. The van der Waals surface area contributed by atoms with Crippen LogP contribution in [-0.4, -0.2) is 24.0 Å². The molecule has 3 heteroatoms. The van der Waals surface area contributed by atoms with Gasteiger partial charge in [0.05, 0.1) is 13.1 Å². The molecular formula is C17H30N2O. The number of nitrogens with one attached hydrogen (secondary N) is 1. The van der Waals surface area contributed by atoms with Gasteiger partial charge in [0.15, 0.2) is 0 Å². The van der Waals surface area contributed by atoms with E-state index in [9.17, 15) is 0 Å². The van der Waals surface area contributed by atoms with E-state index >= 15 is 0 Å². The van der Waals surface area contributed by atoms with Gasteiger partial charge >= 0.3 is 0 Å². The minimum Gasteiger partial charge on any atom is -0.463 e. The average Bonchev–Trinajstić information content (AvgIpc) is 3.20. The molecule has 1 N–H and O–H groups in total. The van der Waals surface area contributed by atoms with Crippen LogP contribution in [0.5, 0.6) is 0 Å². The molecule has 0 radical (unpaired) electrons. The summed E-state index contributed by atoms with van der Waals surface area (Å²) in [5.74, 6) is 2.98. The van der Waals surface area contributed by atoms with Gasteiger partial charge < -0.3 is 9.73 Å². The maximum Gasteiger partial charge on any atom is 0.120 e. The number of furan rings is 1. The van der Waals surface area contributed by atoms with Crippen LogP contribution in [0.15, 0.2) is 10.5 Å². The molecule has 114 valence electrons. The zero-order chi connectivity index (χ0) is 14.5. The first-order valence-electron chi connectivity index (χ1n) is 8.16. The summed E-state index contributed by atoms with van der Waals surface area (Å²) in [5.41, 5.74) is 1.28. The van der Waals surface area contributed by atoms with Crippen molar-refractivity contribution in [3.8, 4) is 0 Å². The van der Waals surface area contributed by atoms with E-state index in [4.69, 9.17) is 4.42 Å². The lowest BCUT2D eigenvalue weighted by atomic mass is 10.1. The van der Waals surface area contributed by atoms with Crippen LogP contribution in [0.25, 0.3) is 0 Å².